The fourth-order valence-electron chi connectivity index (χ4n) is 4.03. The quantitative estimate of drug-likeness (QED) is 0.775. The first-order valence-corrected chi connectivity index (χ1v) is 10.5. The van der Waals surface area contributed by atoms with Gasteiger partial charge in [-0.05, 0) is 37.3 Å². The minimum atomic E-state index is -0.627. The lowest BCUT2D eigenvalue weighted by atomic mass is 9.91. The van der Waals surface area contributed by atoms with Gasteiger partial charge in [-0.15, -0.1) is 0 Å². The number of likely N-dealkylation sites (tertiary alicyclic amines) is 1. The van der Waals surface area contributed by atoms with E-state index >= 15 is 0 Å². The molecule has 1 spiro atoms. The van der Waals surface area contributed by atoms with Gasteiger partial charge >= 0.3 is 12.1 Å². The summed E-state index contributed by atoms with van der Waals surface area (Å²) in [5.74, 6) is 0.417. The second-order valence-electron chi connectivity index (χ2n) is 7.87. The number of carbonyl (C=O) groups excluding carboxylic acids is 2. The van der Waals surface area contributed by atoms with Gasteiger partial charge in [0.2, 0.25) is 0 Å². The van der Waals surface area contributed by atoms with Crippen LogP contribution in [0, 0.1) is 5.82 Å². The fourth-order valence-corrected chi connectivity index (χ4v) is 4.03. The number of hydrogen-bond acceptors (Lipinski definition) is 4. The van der Waals surface area contributed by atoms with Crippen LogP contribution in [0.2, 0.25) is 0 Å². The monoisotopic (exact) mass is 427 g/mol. The molecule has 164 valence electrons. The molecule has 2 aliphatic heterocycles. The molecule has 2 aromatic rings. The maximum Gasteiger partial charge on any atom is 0.410 e. The largest absolute Gasteiger partial charge is 0.494 e. The van der Waals surface area contributed by atoms with Crippen molar-refractivity contribution in [2.24, 2.45) is 0 Å². The summed E-state index contributed by atoms with van der Waals surface area (Å²) in [5, 5.41) is 2.89. The molecule has 8 heteroatoms. The molecule has 0 aromatic heterocycles. The lowest BCUT2D eigenvalue weighted by Gasteiger charge is -2.37. The number of urea groups is 1. The number of anilines is 1. The second-order valence-corrected chi connectivity index (χ2v) is 7.87. The maximum absolute atomic E-state index is 13.9. The van der Waals surface area contributed by atoms with E-state index in [-0.39, 0.29) is 18.4 Å². The van der Waals surface area contributed by atoms with E-state index in [1.165, 1.54) is 11.0 Å². The zero-order valence-electron chi connectivity index (χ0n) is 17.5. The van der Waals surface area contributed by atoms with Gasteiger partial charge in [0, 0.05) is 37.2 Å². The number of piperidine rings is 1. The number of benzene rings is 2. The Hall–Kier alpha value is -3.29. The van der Waals surface area contributed by atoms with Crippen molar-refractivity contribution in [3.63, 3.8) is 0 Å². The van der Waals surface area contributed by atoms with Gasteiger partial charge in [0.1, 0.15) is 17.2 Å². The van der Waals surface area contributed by atoms with Crippen molar-refractivity contribution in [3.05, 3.63) is 59.9 Å². The first kappa shape index (κ1) is 21.0. The number of ether oxygens (including phenoxy) is 2. The van der Waals surface area contributed by atoms with E-state index in [4.69, 9.17) is 9.47 Å². The number of amides is 3. The van der Waals surface area contributed by atoms with Gasteiger partial charge in [0.15, 0.2) is 0 Å². The van der Waals surface area contributed by atoms with Gasteiger partial charge in [-0.25, -0.2) is 14.0 Å². The molecule has 2 heterocycles. The van der Waals surface area contributed by atoms with Crippen LogP contribution in [0.25, 0.3) is 0 Å². The summed E-state index contributed by atoms with van der Waals surface area (Å²) in [6.07, 6.45) is 0.655. The first-order chi connectivity index (χ1) is 15.0. The van der Waals surface area contributed by atoms with E-state index in [9.17, 15) is 14.0 Å². The molecule has 0 atom stereocenters. The van der Waals surface area contributed by atoms with Gasteiger partial charge in [0.05, 0.1) is 19.7 Å². The third-order valence-electron chi connectivity index (χ3n) is 5.74. The van der Waals surface area contributed by atoms with Gasteiger partial charge in [-0.3, -0.25) is 4.90 Å². The highest BCUT2D eigenvalue weighted by Crippen LogP contribution is 2.34. The second kappa shape index (κ2) is 8.83. The molecule has 0 radical (unpaired) electrons. The summed E-state index contributed by atoms with van der Waals surface area (Å²) >= 11 is 0. The van der Waals surface area contributed by atoms with Crippen molar-refractivity contribution >= 4 is 17.8 Å². The van der Waals surface area contributed by atoms with Gasteiger partial charge in [-0.1, -0.05) is 18.2 Å². The van der Waals surface area contributed by atoms with Gasteiger partial charge < -0.3 is 19.7 Å². The van der Waals surface area contributed by atoms with Crippen LogP contribution in [-0.2, 0) is 11.3 Å². The predicted octanol–water partition coefficient (Wildman–Crippen LogP) is 4.24. The lowest BCUT2D eigenvalue weighted by molar-refractivity contribution is 0.0109. The van der Waals surface area contributed by atoms with Crippen LogP contribution in [0.1, 0.15) is 25.3 Å². The molecule has 0 bridgehead atoms. The first-order valence-electron chi connectivity index (χ1n) is 10.5. The lowest BCUT2D eigenvalue weighted by Crippen LogP contribution is -2.49. The number of nitrogens with zero attached hydrogens (tertiary/aromatic N) is 2. The van der Waals surface area contributed by atoms with Crippen molar-refractivity contribution in [1.82, 2.24) is 9.80 Å². The standard InChI is InChI=1S/C23H26FN3O4/c1-2-30-19-9-7-18(8-10-19)25-21(28)26-13-11-23(12-14-26)16-27(22(29)31-23)15-17-5-3-4-6-20(17)24/h3-10H,2,11-16H2,1H3,(H,25,28). The molecular weight excluding hydrogens is 401 g/mol. The van der Waals surface area contributed by atoms with E-state index in [1.807, 2.05) is 19.1 Å². The number of rotatable bonds is 5. The average molecular weight is 427 g/mol. The Morgan fingerprint density at radius 1 is 1.16 bits per heavy atom. The number of hydrogen-bond donors (Lipinski definition) is 1. The maximum atomic E-state index is 13.9. The molecule has 3 amide bonds. The normalized spacial score (nSPS) is 17.5. The zero-order chi connectivity index (χ0) is 21.8. The van der Waals surface area contributed by atoms with Crippen molar-refractivity contribution in [3.8, 4) is 5.75 Å². The van der Waals surface area contributed by atoms with E-state index in [1.54, 1.807) is 35.2 Å². The summed E-state index contributed by atoms with van der Waals surface area (Å²) in [6, 6.07) is 13.5. The number of carbonyl (C=O) groups is 2. The van der Waals surface area contributed by atoms with Crippen molar-refractivity contribution in [2.75, 3.05) is 31.6 Å². The highest BCUT2D eigenvalue weighted by atomic mass is 19.1. The molecular formula is C23H26FN3O4. The summed E-state index contributed by atoms with van der Waals surface area (Å²) < 4.78 is 25.0. The van der Waals surface area contributed by atoms with Crippen molar-refractivity contribution in [1.29, 1.82) is 0 Å². The smallest absolute Gasteiger partial charge is 0.410 e. The van der Waals surface area contributed by atoms with Crippen LogP contribution in [0.3, 0.4) is 0 Å². The molecule has 0 aliphatic carbocycles. The van der Waals surface area contributed by atoms with Crippen LogP contribution in [-0.4, -0.2) is 53.8 Å². The summed E-state index contributed by atoms with van der Waals surface area (Å²) in [7, 11) is 0. The SMILES string of the molecule is CCOc1ccc(NC(=O)N2CCC3(CC2)CN(Cc2ccccc2F)C(=O)O3)cc1. The van der Waals surface area contributed by atoms with Crippen LogP contribution in [0.4, 0.5) is 19.7 Å². The molecule has 7 nitrogen and oxygen atoms in total. The predicted molar refractivity (Wildman–Crippen MR) is 113 cm³/mol. The van der Waals surface area contributed by atoms with Gasteiger partial charge in [-0.2, -0.15) is 0 Å². The van der Waals surface area contributed by atoms with E-state index in [2.05, 4.69) is 5.32 Å². The number of nitrogens with one attached hydrogen (secondary N) is 1. The Bertz CT molecular complexity index is 942. The molecule has 31 heavy (non-hydrogen) atoms. The number of halogens is 1. The van der Waals surface area contributed by atoms with Crippen LogP contribution in [0.5, 0.6) is 5.75 Å². The van der Waals surface area contributed by atoms with Crippen LogP contribution in [0.15, 0.2) is 48.5 Å². The third-order valence-corrected chi connectivity index (χ3v) is 5.74. The van der Waals surface area contributed by atoms with E-state index < -0.39 is 11.7 Å². The summed E-state index contributed by atoms with van der Waals surface area (Å²) in [4.78, 5) is 28.2. The molecule has 2 aliphatic rings. The van der Waals surface area contributed by atoms with E-state index in [0.29, 0.717) is 50.3 Å². The van der Waals surface area contributed by atoms with Crippen LogP contribution < -0.4 is 10.1 Å². The highest BCUT2D eigenvalue weighted by molar-refractivity contribution is 5.89. The Morgan fingerprint density at radius 2 is 1.87 bits per heavy atom. The van der Waals surface area contributed by atoms with E-state index in [0.717, 1.165) is 5.75 Å². The molecule has 2 aromatic carbocycles. The van der Waals surface area contributed by atoms with Crippen molar-refractivity contribution in [2.45, 2.75) is 31.9 Å². The molecule has 0 unspecified atom stereocenters. The Labute approximate surface area is 180 Å². The molecule has 2 saturated heterocycles. The summed E-state index contributed by atoms with van der Waals surface area (Å²) in [6.45, 7) is 4.03. The Balaban J connectivity index is 1.31. The van der Waals surface area contributed by atoms with Gasteiger partial charge in [0.25, 0.3) is 0 Å². The molecule has 4 rings (SSSR count). The Morgan fingerprint density at radius 3 is 2.55 bits per heavy atom. The minimum absolute atomic E-state index is 0.176. The van der Waals surface area contributed by atoms with Crippen LogP contribution >= 0.6 is 0 Å². The third kappa shape index (κ3) is 4.73. The average Bonchev–Trinajstić information content (AvgIpc) is 3.06. The molecule has 1 N–H and O–H groups in total. The molecule has 2 fully saturated rings. The minimum Gasteiger partial charge on any atom is -0.494 e. The highest BCUT2D eigenvalue weighted by Gasteiger charge is 2.47. The summed E-state index contributed by atoms with van der Waals surface area (Å²) in [5.41, 5.74) is 0.527. The van der Waals surface area contributed by atoms with Crippen molar-refractivity contribution < 1.29 is 23.5 Å². The topological polar surface area (TPSA) is 71.1 Å². The zero-order valence-corrected chi connectivity index (χ0v) is 17.5. The molecule has 0 saturated carbocycles. The fraction of sp³-hybridized carbons (Fsp3) is 0.391. The Kier molecular flexibility index (Phi) is 5.97.